The molecule has 6 nitrogen and oxygen atoms in total. The van der Waals surface area contributed by atoms with Crippen molar-refractivity contribution in [3.8, 4) is 17.0 Å². The Morgan fingerprint density at radius 1 is 0.967 bits per heavy atom. The number of aromatic nitrogens is 2. The van der Waals surface area contributed by atoms with Crippen molar-refractivity contribution in [3.63, 3.8) is 0 Å². The van der Waals surface area contributed by atoms with Crippen molar-refractivity contribution in [2.75, 3.05) is 19.5 Å². The average Bonchev–Trinajstić information content (AvgIpc) is 2.79. The second kappa shape index (κ2) is 8.39. The van der Waals surface area contributed by atoms with E-state index in [4.69, 9.17) is 16.3 Å². The smallest absolute Gasteiger partial charge is 0.254 e. The molecule has 1 aromatic heterocycles. The van der Waals surface area contributed by atoms with Crippen LogP contribution in [0.4, 0.5) is 11.5 Å². The van der Waals surface area contributed by atoms with Crippen LogP contribution in [0.2, 0.25) is 5.02 Å². The highest BCUT2D eigenvalue weighted by atomic mass is 35.5. The summed E-state index contributed by atoms with van der Waals surface area (Å²) in [4.78, 5) is 12.2. The van der Waals surface area contributed by atoms with Gasteiger partial charge in [-0.05, 0) is 30.3 Å². The number of halogens is 1. The summed E-state index contributed by atoms with van der Waals surface area (Å²) in [5.74, 6) is 0.856. The SMILES string of the molecule is CNC(=O)c1cc(Nc2nnc(-c3ccc(Cl)cc3)c3ccccc23)ccc1OC. The summed E-state index contributed by atoms with van der Waals surface area (Å²) in [5.41, 5.74) is 2.84. The van der Waals surface area contributed by atoms with Gasteiger partial charge in [-0.15, -0.1) is 10.2 Å². The molecule has 0 bridgehead atoms. The molecule has 3 aromatic carbocycles. The number of fused-ring (bicyclic) bond motifs is 1. The van der Waals surface area contributed by atoms with E-state index in [0.29, 0.717) is 27.8 Å². The predicted octanol–water partition coefficient (Wildman–Crippen LogP) is 5.06. The van der Waals surface area contributed by atoms with E-state index in [-0.39, 0.29) is 5.91 Å². The minimum atomic E-state index is -0.232. The van der Waals surface area contributed by atoms with Gasteiger partial charge in [0.25, 0.3) is 5.91 Å². The first-order valence-corrected chi connectivity index (χ1v) is 9.67. The molecule has 4 aromatic rings. The van der Waals surface area contributed by atoms with E-state index in [1.54, 1.807) is 19.2 Å². The molecule has 150 valence electrons. The summed E-state index contributed by atoms with van der Waals surface area (Å²) in [7, 11) is 3.11. The highest BCUT2D eigenvalue weighted by molar-refractivity contribution is 6.30. The zero-order valence-electron chi connectivity index (χ0n) is 16.4. The molecule has 0 saturated heterocycles. The van der Waals surface area contributed by atoms with Crippen molar-refractivity contribution in [2.24, 2.45) is 0 Å². The number of carbonyl (C=O) groups is 1. The third-order valence-corrected chi connectivity index (χ3v) is 4.99. The molecule has 0 radical (unpaired) electrons. The van der Waals surface area contributed by atoms with E-state index in [1.807, 2.05) is 54.6 Å². The van der Waals surface area contributed by atoms with Crippen LogP contribution in [0.3, 0.4) is 0 Å². The summed E-state index contributed by atoms with van der Waals surface area (Å²) in [6, 6.07) is 20.7. The Bertz CT molecular complexity index is 1230. The van der Waals surface area contributed by atoms with Gasteiger partial charge in [0.2, 0.25) is 0 Å². The van der Waals surface area contributed by atoms with Crippen molar-refractivity contribution >= 4 is 39.8 Å². The number of ether oxygens (including phenoxy) is 1. The largest absolute Gasteiger partial charge is 0.496 e. The number of rotatable bonds is 5. The van der Waals surface area contributed by atoms with E-state index >= 15 is 0 Å². The number of methoxy groups -OCH3 is 1. The first kappa shape index (κ1) is 19.7. The van der Waals surface area contributed by atoms with Crippen molar-refractivity contribution < 1.29 is 9.53 Å². The predicted molar refractivity (Wildman–Crippen MR) is 120 cm³/mol. The molecule has 2 N–H and O–H groups in total. The van der Waals surface area contributed by atoms with Crippen molar-refractivity contribution in [1.82, 2.24) is 15.5 Å². The number of hydrogen-bond donors (Lipinski definition) is 2. The van der Waals surface area contributed by atoms with Crippen molar-refractivity contribution in [2.45, 2.75) is 0 Å². The topological polar surface area (TPSA) is 76.1 Å². The highest BCUT2D eigenvalue weighted by Crippen LogP contribution is 2.32. The number of benzene rings is 3. The maximum atomic E-state index is 12.2. The summed E-state index contributed by atoms with van der Waals surface area (Å²) >= 11 is 6.02. The van der Waals surface area contributed by atoms with E-state index in [1.165, 1.54) is 7.11 Å². The fraction of sp³-hybridized carbons (Fsp3) is 0.0870. The number of anilines is 2. The lowest BCUT2D eigenvalue weighted by atomic mass is 10.0. The van der Waals surface area contributed by atoms with Gasteiger partial charge in [-0.1, -0.05) is 48.0 Å². The van der Waals surface area contributed by atoms with E-state index in [0.717, 1.165) is 22.0 Å². The molecule has 0 aliphatic heterocycles. The van der Waals surface area contributed by atoms with E-state index in [9.17, 15) is 4.79 Å². The lowest BCUT2D eigenvalue weighted by Gasteiger charge is -2.13. The molecule has 0 fully saturated rings. The van der Waals surface area contributed by atoms with Gasteiger partial charge < -0.3 is 15.4 Å². The lowest BCUT2D eigenvalue weighted by Crippen LogP contribution is -2.18. The lowest BCUT2D eigenvalue weighted by molar-refractivity contribution is 0.0960. The Labute approximate surface area is 178 Å². The molecule has 0 atom stereocenters. The summed E-state index contributed by atoms with van der Waals surface area (Å²) < 4.78 is 5.29. The van der Waals surface area contributed by atoms with Crippen LogP contribution in [-0.4, -0.2) is 30.3 Å². The van der Waals surface area contributed by atoms with Gasteiger partial charge in [0.1, 0.15) is 11.4 Å². The Kier molecular flexibility index (Phi) is 5.50. The Morgan fingerprint density at radius 3 is 2.40 bits per heavy atom. The van der Waals surface area contributed by atoms with Crippen LogP contribution in [0.15, 0.2) is 66.7 Å². The van der Waals surface area contributed by atoms with Crippen LogP contribution >= 0.6 is 11.6 Å². The quantitative estimate of drug-likeness (QED) is 0.473. The molecule has 0 aliphatic rings. The van der Waals surface area contributed by atoms with E-state index < -0.39 is 0 Å². The Morgan fingerprint density at radius 2 is 1.70 bits per heavy atom. The molecule has 1 amide bonds. The maximum Gasteiger partial charge on any atom is 0.254 e. The number of amides is 1. The number of hydrogen-bond acceptors (Lipinski definition) is 5. The van der Waals surface area contributed by atoms with Gasteiger partial charge in [0, 0.05) is 34.1 Å². The fourth-order valence-electron chi connectivity index (χ4n) is 3.25. The molecule has 30 heavy (non-hydrogen) atoms. The molecule has 7 heteroatoms. The maximum absolute atomic E-state index is 12.2. The highest BCUT2D eigenvalue weighted by Gasteiger charge is 2.14. The monoisotopic (exact) mass is 418 g/mol. The molecule has 0 unspecified atom stereocenters. The normalized spacial score (nSPS) is 10.6. The molecule has 0 saturated carbocycles. The minimum absolute atomic E-state index is 0.232. The van der Waals surface area contributed by atoms with Gasteiger partial charge >= 0.3 is 0 Å². The van der Waals surface area contributed by atoms with Gasteiger partial charge in [0.05, 0.1) is 12.7 Å². The summed E-state index contributed by atoms with van der Waals surface area (Å²) in [6.07, 6.45) is 0. The molecule has 0 aliphatic carbocycles. The zero-order chi connectivity index (χ0) is 21.1. The second-order valence-electron chi connectivity index (χ2n) is 6.57. The van der Waals surface area contributed by atoms with Gasteiger partial charge in [0.15, 0.2) is 5.82 Å². The van der Waals surface area contributed by atoms with Gasteiger partial charge in [-0.25, -0.2) is 0 Å². The molecular formula is C23H19ClN4O2. The van der Waals surface area contributed by atoms with Crippen molar-refractivity contribution in [1.29, 1.82) is 0 Å². The first-order chi connectivity index (χ1) is 14.6. The summed E-state index contributed by atoms with van der Waals surface area (Å²) in [6.45, 7) is 0. The van der Waals surface area contributed by atoms with Crippen LogP contribution < -0.4 is 15.4 Å². The number of carbonyl (C=O) groups excluding carboxylic acids is 1. The standard InChI is InChI=1S/C23H19ClN4O2/c1-25-23(29)19-13-16(11-12-20(19)30-2)26-22-18-6-4-3-5-17(18)21(27-28-22)14-7-9-15(24)10-8-14/h3-13H,1-2H3,(H,25,29)(H,26,28). The van der Waals surface area contributed by atoms with Crippen molar-refractivity contribution in [3.05, 3.63) is 77.3 Å². The molecule has 4 rings (SSSR count). The number of nitrogens with zero attached hydrogens (tertiary/aromatic N) is 2. The zero-order valence-corrected chi connectivity index (χ0v) is 17.2. The van der Waals surface area contributed by atoms with E-state index in [2.05, 4.69) is 20.8 Å². The van der Waals surface area contributed by atoms with Crippen LogP contribution in [0.5, 0.6) is 5.75 Å². The molecule has 1 heterocycles. The molecule has 0 spiro atoms. The second-order valence-corrected chi connectivity index (χ2v) is 7.01. The fourth-order valence-corrected chi connectivity index (χ4v) is 3.38. The minimum Gasteiger partial charge on any atom is -0.496 e. The average molecular weight is 419 g/mol. The van der Waals surface area contributed by atoms with Gasteiger partial charge in [-0.2, -0.15) is 0 Å². The third kappa shape index (κ3) is 3.77. The van der Waals surface area contributed by atoms with Crippen LogP contribution in [0.25, 0.3) is 22.0 Å². The van der Waals surface area contributed by atoms with Crippen LogP contribution in [0, 0.1) is 0 Å². The van der Waals surface area contributed by atoms with Gasteiger partial charge in [-0.3, -0.25) is 4.79 Å². The number of nitrogens with one attached hydrogen (secondary N) is 2. The third-order valence-electron chi connectivity index (χ3n) is 4.74. The van der Waals surface area contributed by atoms with Crippen LogP contribution in [0.1, 0.15) is 10.4 Å². The first-order valence-electron chi connectivity index (χ1n) is 9.29. The molecular weight excluding hydrogens is 400 g/mol. The summed E-state index contributed by atoms with van der Waals surface area (Å²) in [5, 5.41) is 17.3. The van der Waals surface area contributed by atoms with Crippen LogP contribution in [-0.2, 0) is 0 Å². The Balaban J connectivity index is 1.77. The Hall–Kier alpha value is -3.64.